The van der Waals surface area contributed by atoms with Crippen molar-refractivity contribution in [2.75, 3.05) is 0 Å². The molecule has 0 fully saturated rings. The van der Waals surface area contributed by atoms with Gasteiger partial charge in [-0.2, -0.15) is 12.8 Å². The van der Waals surface area contributed by atoms with Crippen molar-refractivity contribution < 1.29 is 13.2 Å². The molecule has 6 heteroatoms. The second-order valence-corrected chi connectivity index (χ2v) is 7.41. The van der Waals surface area contributed by atoms with Crippen LogP contribution in [0.3, 0.4) is 0 Å². The molecule has 2 rings (SSSR count). The smallest absolute Gasteiger partial charge is 0.282 e. The van der Waals surface area contributed by atoms with Crippen LogP contribution in [0.4, 0.5) is 0 Å². The average molecular weight is 352 g/mol. The number of sulfonamides is 1. The monoisotopic (exact) mass is 351 g/mol. The molecule has 0 N–H and O–H groups in total. The third-order valence-electron chi connectivity index (χ3n) is 3.09. The van der Waals surface area contributed by atoms with Crippen molar-refractivity contribution in [3.05, 3.63) is 52.5 Å². The van der Waals surface area contributed by atoms with Gasteiger partial charge in [0.1, 0.15) is 11.5 Å². The molecule has 2 aromatic rings. The normalized spacial score (nSPS) is 11.2. The topological polar surface area (TPSA) is 55.7 Å². The molecule has 0 saturated heterocycles. The Morgan fingerprint density at radius 1 is 1.09 bits per heavy atom. The van der Waals surface area contributed by atoms with E-state index in [0.29, 0.717) is 27.8 Å². The summed E-state index contributed by atoms with van der Waals surface area (Å²) < 4.78 is 34.4. The number of para-hydroxylation sites is 1. The van der Waals surface area contributed by atoms with Gasteiger partial charge in [-0.1, -0.05) is 23.7 Å². The van der Waals surface area contributed by atoms with E-state index in [4.69, 9.17) is 16.3 Å². The van der Waals surface area contributed by atoms with Crippen LogP contribution in [0.1, 0.15) is 25.0 Å². The van der Waals surface area contributed by atoms with Crippen molar-refractivity contribution in [2.45, 2.75) is 32.6 Å². The van der Waals surface area contributed by atoms with E-state index in [0.717, 1.165) is 5.56 Å². The minimum absolute atomic E-state index is 0.140. The summed E-state index contributed by atoms with van der Waals surface area (Å²) in [5.41, 5.74) is 1.74. The summed E-state index contributed by atoms with van der Waals surface area (Å²) >= 11 is 6.10. The molecule has 0 aromatic heterocycles. The van der Waals surface area contributed by atoms with E-state index >= 15 is 0 Å². The van der Waals surface area contributed by atoms with Gasteiger partial charge in [0.05, 0.1) is 9.92 Å². The van der Waals surface area contributed by atoms with Crippen molar-refractivity contribution in [2.24, 2.45) is 4.40 Å². The fourth-order valence-electron chi connectivity index (χ4n) is 2.10. The Hall–Kier alpha value is -1.85. The van der Waals surface area contributed by atoms with E-state index in [1.54, 1.807) is 64.1 Å². The predicted molar refractivity (Wildman–Crippen MR) is 93.4 cm³/mol. The van der Waals surface area contributed by atoms with E-state index in [-0.39, 0.29) is 4.90 Å². The average Bonchev–Trinajstić information content (AvgIpc) is 2.43. The molecule has 0 radical (unpaired) electrons. The van der Waals surface area contributed by atoms with Gasteiger partial charge in [0.15, 0.2) is 0 Å². The zero-order valence-electron chi connectivity index (χ0n) is 13.4. The molecule has 0 spiro atoms. The largest absolute Gasteiger partial charge is 0.455 e. The SMILES string of the molecule is CC(C)=NS(=O)(=O)c1cc(C)cc(Oc2ccccc2Cl)c1C. The Morgan fingerprint density at radius 2 is 1.74 bits per heavy atom. The van der Waals surface area contributed by atoms with Gasteiger partial charge in [-0.3, -0.25) is 0 Å². The summed E-state index contributed by atoms with van der Waals surface area (Å²) in [4.78, 5) is 0.140. The molecular weight excluding hydrogens is 334 g/mol. The van der Waals surface area contributed by atoms with Gasteiger partial charge in [-0.15, -0.1) is 0 Å². The summed E-state index contributed by atoms with van der Waals surface area (Å²) in [6.07, 6.45) is 0. The molecule has 0 aliphatic rings. The molecule has 0 amide bonds. The van der Waals surface area contributed by atoms with Gasteiger partial charge in [0.2, 0.25) is 0 Å². The Morgan fingerprint density at radius 3 is 2.35 bits per heavy atom. The van der Waals surface area contributed by atoms with Crippen molar-refractivity contribution in [3.8, 4) is 11.5 Å². The first-order valence-electron chi connectivity index (χ1n) is 7.02. The van der Waals surface area contributed by atoms with Crippen LogP contribution in [-0.4, -0.2) is 14.1 Å². The molecule has 0 unspecified atom stereocenters. The summed E-state index contributed by atoms with van der Waals surface area (Å²) in [5.74, 6) is 0.919. The first kappa shape index (κ1) is 17.5. The van der Waals surface area contributed by atoms with Crippen LogP contribution in [0, 0.1) is 13.8 Å². The van der Waals surface area contributed by atoms with Gasteiger partial charge >= 0.3 is 0 Å². The molecule has 0 aliphatic heterocycles. The Balaban J connectivity index is 2.56. The molecule has 23 heavy (non-hydrogen) atoms. The van der Waals surface area contributed by atoms with Crippen molar-refractivity contribution in [1.29, 1.82) is 0 Å². The fraction of sp³-hybridized carbons (Fsp3) is 0.235. The van der Waals surface area contributed by atoms with E-state index in [2.05, 4.69) is 4.40 Å². The lowest BCUT2D eigenvalue weighted by Crippen LogP contribution is -2.04. The molecule has 2 aromatic carbocycles. The maximum absolute atomic E-state index is 12.4. The number of rotatable bonds is 4. The zero-order valence-corrected chi connectivity index (χ0v) is 15.0. The van der Waals surface area contributed by atoms with Crippen LogP contribution in [0.25, 0.3) is 0 Å². The van der Waals surface area contributed by atoms with Gasteiger partial charge in [-0.05, 0) is 57.5 Å². The van der Waals surface area contributed by atoms with Crippen LogP contribution in [0.5, 0.6) is 11.5 Å². The lowest BCUT2D eigenvalue weighted by molar-refractivity contribution is 0.476. The highest BCUT2D eigenvalue weighted by Gasteiger charge is 2.20. The fourth-order valence-corrected chi connectivity index (χ4v) is 3.68. The van der Waals surface area contributed by atoms with Gasteiger partial charge in [0.25, 0.3) is 10.0 Å². The third-order valence-corrected chi connectivity index (χ3v) is 4.99. The highest BCUT2D eigenvalue weighted by atomic mass is 35.5. The summed E-state index contributed by atoms with van der Waals surface area (Å²) in [6, 6.07) is 10.4. The second-order valence-electron chi connectivity index (χ2n) is 5.43. The first-order chi connectivity index (χ1) is 10.7. The lowest BCUT2D eigenvalue weighted by Gasteiger charge is -2.14. The Kier molecular flexibility index (Phi) is 5.12. The van der Waals surface area contributed by atoms with Gasteiger partial charge in [-0.25, -0.2) is 0 Å². The number of hydrogen-bond acceptors (Lipinski definition) is 3. The second kappa shape index (κ2) is 6.72. The van der Waals surface area contributed by atoms with E-state index < -0.39 is 10.0 Å². The zero-order chi connectivity index (χ0) is 17.2. The number of halogens is 1. The van der Waals surface area contributed by atoms with Crippen LogP contribution in [0.15, 0.2) is 45.7 Å². The number of aryl methyl sites for hydroxylation is 1. The van der Waals surface area contributed by atoms with Crippen LogP contribution < -0.4 is 4.74 Å². The molecule has 0 heterocycles. The van der Waals surface area contributed by atoms with Crippen molar-refractivity contribution in [3.63, 3.8) is 0 Å². The number of benzene rings is 2. The minimum atomic E-state index is -3.76. The van der Waals surface area contributed by atoms with E-state index in [1.165, 1.54) is 0 Å². The molecule has 4 nitrogen and oxygen atoms in total. The quantitative estimate of drug-likeness (QED) is 0.735. The maximum atomic E-state index is 12.4. The maximum Gasteiger partial charge on any atom is 0.282 e. The molecule has 0 aliphatic carbocycles. The third kappa shape index (κ3) is 4.12. The summed E-state index contributed by atoms with van der Waals surface area (Å²) in [5, 5.41) is 0.459. The van der Waals surface area contributed by atoms with Gasteiger partial charge < -0.3 is 4.74 Å². The number of hydrogen-bond donors (Lipinski definition) is 0. The van der Waals surface area contributed by atoms with Crippen molar-refractivity contribution in [1.82, 2.24) is 0 Å². The molecule has 0 atom stereocenters. The molecule has 122 valence electrons. The highest BCUT2D eigenvalue weighted by Crippen LogP contribution is 2.34. The van der Waals surface area contributed by atoms with Crippen LogP contribution >= 0.6 is 11.6 Å². The van der Waals surface area contributed by atoms with Crippen molar-refractivity contribution >= 4 is 27.3 Å². The standard InChI is InChI=1S/C17H18ClNO3S/c1-11(2)19-23(20,21)17-10-12(3)9-16(13(17)4)22-15-8-6-5-7-14(15)18/h5-10H,1-4H3. The minimum Gasteiger partial charge on any atom is -0.455 e. The molecular formula is C17H18ClNO3S. The number of nitrogens with zero attached hydrogens (tertiary/aromatic N) is 1. The first-order valence-corrected chi connectivity index (χ1v) is 8.84. The van der Waals surface area contributed by atoms with Crippen LogP contribution in [0.2, 0.25) is 5.02 Å². The predicted octanol–water partition coefficient (Wildman–Crippen LogP) is 4.92. The summed E-state index contributed by atoms with van der Waals surface area (Å²) in [7, 11) is -3.76. The molecule has 0 bridgehead atoms. The summed E-state index contributed by atoms with van der Waals surface area (Å²) in [6.45, 7) is 6.78. The van der Waals surface area contributed by atoms with Crippen LogP contribution in [-0.2, 0) is 10.0 Å². The molecule has 0 saturated carbocycles. The number of ether oxygens (including phenoxy) is 1. The Labute approximate surface area is 141 Å². The van der Waals surface area contributed by atoms with E-state index in [1.807, 2.05) is 0 Å². The highest BCUT2D eigenvalue weighted by molar-refractivity contribution is 7.90. The lowest BCUT2D eigenvalue weighted by atomic mass is 10.1. The van der Waals surface area contributed by atoms with E-state index in [9.17, 15) is 8.42 Å². The Bertz CT molecular complexity index is 869. The van der Waals surface area contributed by atoms with Gasteiger partial charge in [0, 0.05) is 11.3 Å².